The normalized spacial score (nSPS) is 11.1. The predicted molar refractivity (Wildman–Crippen MR) is 132 cm³/mol. The number of hydrogen-bond acceptors (Lipinski definition) is 7. The molecule has 0 aliphatic rings. The molecule has 3 aromatic carbocycles. The third kappa shape index (κ3) is 5.71. The highest BCUT2D eigenvalue weighted by molar-refractivity contribution is 6.35. The van der Waals surface area contributed by atoms with E-state index in [2.05, 4.69) is 10.5 Å². The van der Waals surface area contributed by atoms with E-state index < -0.39 is 10.8 Å². The van der Waals surface area contributed by atoms with Crippen molar-refractivity contribution in [2.45, 2.75) is 6.61 Å². The summed E-state index contributed by atoms with van der Waals surface area (Å²) >= 11 is 12.1. The minimum absolute atomic E-state index is 0.0279. The van der Waals surface area contributed by atoms with Crippen molar-refractivity contribution in [1.82, 2.24) is 5.43 Å². The minimum Gasteiger partial charge on any atom is -0.493 e. The molecule has 1 N–H and O–H groups in total. The zero-order valence-electron chi connectivity index (χ0n) is 18.2. The fourth-order valence-electron chi connectivity index (χ4n) is 3.15. The quantitative estimate of drug-likeness (QED) is 0.175. The first-order chi connectivity index (χ1) is 16.8. The number of nitrogens with one attached hydrogen (secondary N) is 1. The molecule has 178 valence electrons. The Bertz CT molecular complexity index is 1450. The summed E-state index contributed by atoms with van der Waals surface area (Å²) in [4.78, 5) is 22.7. The number of benzene rings is 3. The van der Waals surface area contributed by atoms with Crippen LogP contribution in [0, 0.1) is 10.1 Å². The number of hydrogen-bond donors (Lipinski definition) is 1. The summed E-state index contributed by atoms with van der Waals surface area (Å²) < 4.78 is 16.6. The Morgan fingerprint density at radius 2 is 1.94 bits per heavy atom. The van der Waals surface area contributed by atoms with Gasteiger partial charge in [-0.05, 0) is 48.0 Å². The molecule has 0 aliphatic carbocycles. The third-order valence-corrected chi connectivity index (χ3v) is 5.49. The van der Waals surface area contributed by atoms with Crippen molar-refractivity contribution >= 4 is 52.0 Å². The predicted octanol–water partition coefficient (Wildman–Crippen LogP) is 6.00. The van der Waals surface area contributed by atoms with Gasteiger partial charge in [-0.3, -0.25) is 14.9 Å². The Morgan fingerprint density at radius 3 is 2.69 bits per heavy atom. The Labute approximate surface area is 209 Å². The molecule has 1 aromatic heterocycles. The maximum atomic E-state index is 12.4. The highest BCUT2D eigenvalue weighted by atomic mass is 35.5. The number of halogens is 2. The number of methoxy groups -OCH3 is 1. The molecular formula is C24H17Cl2N3O6. The standard InChI is InChI=1S/C24H17Cl2N3O6/c1-33-22-8-14(2-6-21(22)34-13-15-3-4-17(25)11-19(15)26)12-27-28-24(30)23-10-16-9-18(29(31)32)5-7-20(16)35-23/h2-12H,13H2,1H3,(H,28,30)/b27-12-. The van der Waals surface area contributed by atoms with Crippen molar-refractivity contribution in [3.8, 4) is 11.5 Å². The molecule has 0 atom stereocenters. The zero-order valence-corrected chi connectivity index (χ0v) is 19.7. The van der Waals surface area contributed by atoms with Crippen LogP contribution in [0.5, 0.6) is 11.5 Å². The molecule has 0 radical (unpaired) electrons. The van der Waals surface area contributed by atoms with Gasteiger partial charge >= 0.3 is 5.91 Å². The molecule has 0 bridgehead atoms. The van der Waals surface area contributed by atoms with E-state index in [9.17, 15) is 14.9 Å². The number of carbonyl (C=O) groups excluding carboxylic acids is 1. The first-order valence-electron chi connectivity index (χ1n) is 10.1. The lowest BCUT2D eigenvalue weighted by Gasteiger charge is -2.12. The molecule has 9 nitrogen and oxygen atoms in total. The zero-order chi connectivity index (χ0) is 24.9. The SMILES string of the molecule is COc1cc(/C=N\NC(=O)c2cc3cc([N+](=O)[O-])ccc3o2)ccc1OCc1ccc(Cl)cc1Cl. The molecule has 11 heteroatoms. The van der Waals surface area contributed by atoms with Gasteiger partial charge in [-0.1, -0.05) is 29.3 Å². The Morgan fingerprint density at radius 1 is 1.11 bits per heavy atom. The summed E-state index contributed by atoms with van der Waals surface area (Å²) in [6, 6.07) is 15.8. The largest absolute Gasteiger partial charge is 0.493 e. The summed E-state index contributed by atoms with van der Waals surface area (Å²) in [6.07, 6.45) is 1.42. The van der Waals surface area contributed by atoms with Gasteiger partial charge in [0.15, 0.2) is 17.3 Å². The fourth-order valence-corrected chi connectivity index (χ4v) is 3.62. The van der Waals surface area contributed by atoms with Gasteiger partial charge in [0.25, 0.3) is 5.69 Å². The average Bonchev–Trinajstić information content (AvgIpc) is 3.27. The lowest BCUT2D eigenvalue weighted by atomic mass is 10.2. The number of ether oxygens (including phenoxy) is 2. The molecule has 1 heterocycles. The van der Waals surface area contributed by atoms with E-state index in [0.29, 0.717) is 38.1 Å². The lowest BCUT2D eigenvalue weighted by Crippen LogP contribution is -2.16. The van der Waals surface area contributed by atoms with E-state index >= 15 is 0 Å². The van der Waals surface area contributed by atoms with Crippen molar-refractivity contribution in [1.29, 1.82) is 0 Å². The van der Waals surface area contributed by atoms with Crippen LogP contribution in [-0.4, -0.2) is 24.2 Å². The smallest absolute Gasteiger partial charge is 0.307 e. The van der Waals surface area contributed by atoms with Crippen molar-refractivity contribution in [2.75, 3.05) is 7.11 Å². The van der Waals surface area contributed by atoms with E-state index in [-0.39, 0.29) is 18.1 Å². The summed E-state index contributed by atoms with van der Waals surface area (Å²) in [6.45, 7) is 0.219. The number of nitro benzene ring substituents is 1. The second-order valence-corrected chi connectivity index (χ2v) is 8.07. The van der Waals surface area contributed by atoms with Crippen LogP contribution in [-0.2, 0) is 6.61 Å². The van der Waals surface area contributed by atoms with Crippen molar-refractivity contribution < 1.29 is 23.6 Å². The number of nitrogens with zero attached hydrogens (tertiary/aromatic N) is 2. The summed E-state index contributed by atoms with van der Waals surface area (Å²) in [5.41, 5.74) is 4.02. The monoisotopic (exact) mass is 513 g/mol. The van der Waals surface area contributed by atoms with Crippen LogP contribution in [0.1, 0.15) is 21.7 Å². The second kappa shape index (κ2) is 10.5. The molecular weight excluding hydrogens is 497 g/mol. The highest BCUT2D eigenvalue weighted by Gasteiger charge is 2.15. The third-order valence-electron chi connectivity index (χ3n) is 4.90. The molecule has 0 spiro atoms. The van der Waals surface area contributed by atoms with Crippen LogP contribution in [0.25, 0.3) is 11.0 Å². The van der Waals surface area contributed by atoms with Gasteiger partial charge in [-0.2, -0.15) is 5.10 Å². The molecule has 4 rings (SSSR count). The molecule has 0 saturated heterocycles. The van der Waals surface area contributed by atoms with Gasteiger partial charge in [0.05, 0.1) is 18.2 Å². The van der Waals surface area contributed by atoms with Crippen LogP contribution in [0.3, 0.4) is 0 Å². The number of rotatable bonds is 8. The second-order valence-electron chi connectivity index (χ2n) is 7.22. The van der Waals surface area contributed by atoms with E-state index in [1.807, 2.05) is 0 Å². The number of hydrazone groups is 1. The van der Waals surface area contributed by atoms with E-state index in [0.717, 1.165) is 5.56 Å². The van der Waals surface area contributed by atoms with Crippen LogP contribution in [0.15, 0.2) is 70.2 Å². The number of nitro groups is 1. The number of amides is 1. The lowest BCUT2D eigenvalue weighted by molar-refractivity contribution is -0.384. The molecule has 0 saturated carbocycles. The van der Waals surface area contributed by atoms with Gasteiger partial charge < -0.3 is 13.9 Å². The molecule has 35 heavy (non-hydrogen) atoms. The van der Waals surface area contributed by atoms with Gasteiger partial charge in [0.2, 0.25) is 0 Å². The molecule has 1 amide bonds. The molecule has 0 aliphatic heterocycles. The van der Waals surface area contributed by atoms with Crippen LogP contribution in [0.4, 0.5) is 5.69 Å². The molecule has 0 fully saturated rings. The minimum atomic E-state index is -0.605. The number of carbonyl (C=O) groups is 1. The van der Waals surface area contributed by atoms with Gasteiger partial charge in [-0.15, -0.1) is 0 Å². The maximum absolute atomic E-state index is 12.4. The Balaban J connectivity index is 1.41. The first-order valence-corrected chi connectivity index (χ1v) is 10.9. The highest BCUT2D eigenvalue weighted by Crippen LogP contribution is 2.30. The maximum Gasteiger partial charge on any atom is 0.307 e. The summed E-state index contributed by atoms with van der Waals surface area (Å²) in [5.74, 6) is 0.326. The summed E-state index contributed by atoms with van der Waals surface area (Å²) in [5, 5.41) is 16.3. The number of non-ortho nitro benzene ring substituents is 1. The Hall–Kier alpha value is -4.08. The molecule has 0 unspecified atom stereocenters. The van der Waals surface area contributed by atoms with Crippen molar-refractivity contribution in [3.05, 3.63) is 97.7 Å². The van der Waals surface area contributed by atoms with Crippen molar-refractivity contribution in [3.63, 3.8) is 0 Å². The van der Waals surface area contributed by atoms with Crippen LogP contribution >= 0.6 is 23.2 Å². The Kier molecular flexibility index (Phi) is 7.19. The van der Waals surface area contributed by atoms with E-state index in [1.54, 1.807) is 36.4 Å². The van der Waals surface area contributed by atoms with Gasteiger partial charge in [0, 0.05) is 33.1 Å². The van der Waals surface area contributed by atoms with Gasteiger partial charge in [0.1, 0.15) is 12.2 Å². The number of fused-ring (bicyclic) bond motifs is 1. The molecule has 4 aromatic rings. The average molecular weight is 514 g/mol. The topological polar surface area (TPSA) is 116 Å². The summed E-state index contributed by atoms with van der Waals surface area (Å²) in [7, 11) is 1.51. The fraction of sp³-hybridized carbons (Fsp3) is 0.0833. The van der Waals surface area contributed by atoms with Gasteiger partial charge in [-0.25, -0.2) is 5.43 Å². The van der Waals surface area contributed by atoms with Crippen LogP contribution < -0.4 is 14.9 Å². The van der Waals surface area contributed by atoms with Crippen LogP contribution in [0.2, 0.25) is 10.0 Å². The van der Waals surface area contributed by atoms with E-state index in [1.165, 1.54) is 37.6 Å². The number of furan rings is 1. The van der Waals surface area contributed by atoms with E-state index in [4.69, 9.17) is 37.1 Å². The van der Waals surface area contributed by atoms with Crippen molar-refractivity contribution in [2.24, 2.45) is 5.10 Å². The first kappa shape index (κ1) is 24.1.